The summed E-state index contributed by atoms with van der Waals surface area (Å²) >= 11 is 7.26. The van der Waals surface area contributed by atoms with Crippen molar-refractivity contribution in [2.45, 2.75) is 26.3 Å². The minimum absolute atomic E-state index is 0.328. The van der Waals surface area contributed by atoms with E-state index in [-0.39, 0.29) is 0 Å². The van der Waals surface area contributed by atoms with Gasteiger partial charge in [0.2, 0.25) is 0 Å². The first kappa shape index (κ1) is 13.3. The van der Waals surface area contributed by atoms with Gasteiger partial charge in [-0.1, -0.05) is 6.92 Å². The van der Waals surface area contributed by atoms with Crippen LogP contribution in [0.2, 0.25) is 0 Å². The minimum Gasteiger partial charge on any atom is -0.306 e. The van der Waals surface area contributed by atoms with Crippen LogP contribution in [0.5, 0.6) is 0 Å². The van der Waals surface area contributed by atoms with E-state index in [1.807, 2.05) is 11.3 Å². The molecule has 1 atom stereocenters. The Hall–Kier alpha value is -0.160. The Labute approximate surface area is 119 Å². The summed E-state index contributed by atoms with van der Waals surface area (Å²) in [7, 11) is 0. The van der Waals surface area contributed by atoms with Crippen LogP contribution in [0.1, 0.15) is 34.7 Å². The topological polar surface area (TPSA) is 12.0 Å². The molecule has 0 aliphatic heterocycles. The highest BCUT2D eigenvalue weighted by molar-refractivity contribution is 9.10. The maximum absolute atomic E-state index is 3.64. The van der Waals surface area contributed by atoms with Gasteiger partial charge < -0.3 is 5.32 Å². The zero-order valence-electron chi connectivity index (χ0n) is 10.00. The normalized spacial score (nSPS) is 12.9. The molecule has 4 heteroatoms. The maximum atomic E-state index is 3.64. The molecular formula is C13H16BrNS2. The van der Waals surface area contributed by atoms with Crippen LogP contribution < -0.4 is 5.32 Å². The van der Waals surface area contributed by atoms with Crippen LogP contribution in [0.25, 0.3) is 0 Å². The quantitative estimate of drug-likeness (QED) is 0.816. The van der Waals surface area contributed by atoms with Gasteiger partial charge in [0, 0.05) is 19.6 Å². The highest BCUT2D eigenvalue weighted by Gasteiger charge is 2.18. The molecule has 0 amide bonds. The molecule has 92 valence electrons. The highest BCUT2D eigenvalue weighted by atomic mass is 79.9. The lowest BCUT2D eigenvalue weighted by molar-refractivity contribution is 0.606. The fraction of sp³-hybridized carbons (Fsp3) is 0.385. The molecule has 1 unspecified atom stereocenters. The van der Waals surface area contributed by atoms with E-state index in [0.29, 0.717) is 6.04 Å². The van der Waals surface area contributed by atoms with E-state index in [0.717, 1.165) is 13.0 Å². The number of nitrogens with one attached hydrogen (secondary N) is 1. The number of aryl methyl sites for hydroxylation is 1. The zero-order chi connectivity index (χ0) is 12.3. The van der Waals surface area contributed by atoms with E-state index in [1.165, 1.54) is 19.8 Å². The Morgan fingerprint density at radius 2 is 2.18 bits per heavy atom. The molecule has 17 heavy (non-hydrogen) atoms. The highest BCUT2D eigenvalue weighted by Crippen LogP contribution is 2.34. The molecule has 0 aliphatic carbocycles. The third-order valence-electron chi connectivity index (χ3n) is 2.60. The Morgan fingerprint density at radius 1 is 1.35 bits per heavy atom. The molecule has 0 saturated carbocycles. The molecule has 2 heterocycles. The Bertz CT molecular complexity index is 475. The van der Waals surface area contributed by atoms with Gasteiger partial charge in [-0.2, -0.15) is 11.3 Å². The molecule has 0 aliphatic rings. The van der Waals surface area contributed by atoms with Crippen molar-refractivity contribution in [3.8, 4) is 0 Å². The van der Waals surface area contributed by atoms with Crippen molar-refractivity contribution in [2.24, 2.45) is 0 Å². The van der Waals surface area contributed by atoms with E-state index in [9.17, 15) is 0 Å². The first-order valence-electron chi connectivity index (χ1n) is 5.73. The number of thiophene rings is 2. The smallest absolute Gasteiger partial charge is 0.0690 e. The van der Waals surface area contributed by atoms with E-state index >= 15 is 0 Å². The number of halogens is 1. The van der Waals surface area contributed by atoms with E-state index in [4.69, 9.17) is 0 Å². The third kappa shape index (κ3) is 3.19. The summed E-state index contributed by atoms with van der Waals surface area (Å²) in [6.07, 6.45) is 1.16. The molecule has 2 aromatic heterocycles. The average Bonchev–Trinajstić information content (AvgIpc) is 2.90. The number of rotatable bonds is 5. The summed E-state index contributed by atoms with van der Waals surface area (Å²) in [5.41, 5.74) is 1.35. The summed E-state index contributed by atoms with van der Waals surface area (Å²) in [5.74, 6) is 0. The van der Waals surface area contributed by atoms with E-state index in [1.54, 1.807) is 11.3 Å². The van der Waals surface area contributed by atoms with Gasteiger partial charge in [0.25, 0.3) is 0 Å². The van der Waals surface area contributed by atoms with Crippen molar-refractivity contribution >= 4 is 38.6 Å². The van der Waals surface area contributed by atoms with Crippen LogP contribution in [-0.4, -0.2) is 6.54 Å². The summed E-state index contributed by atoms with van der Waals surface area (Å²) < 4.78 is 1.21. The Balaban J connectivity index is 2.28. The van der Waals surface area contributed by atoms with Gasteiger partial charge in [-0.25, -0.2) is 0 Å². The summed E-state index contributed by atoms with van der Waals surface area (Å²) in [6.45, 7) is 5.41. The lowest BCUT2D eigenvalue weighted by atomic mass is 10.1. The molecule has 1 N–H and O–H groups in total. The molecule has 0 radical (unpaired) electrons. The Morgan fingerprint density at radius 3 is 2.71 bits per heavy atom. The van der Waals surface area contributed by atoms with Crippen molar-refractivity contribution in [3.05, 3.63) is 42.7 Å². The first-order valence-corrected chi connectivity index (χ1v) is 8.29. The molecule has 2 rings (SSSR count). The second-order valence-electron chi connectivity index (χ2n) is 4.01. The fourth-order valence-corrected chi connectivity index (χ4v) is 4.28. The van der Waals surface area contributed by atoms with Crippen LogP contribution in [0, 0.1) is 6.92 Å². The zero-order valence-corrected chi connectivity index (χ0v) is 13.2. The second kappa shape index (κ2) is 6.14. The molecule has 2 aromatic rings. The first-order chi connectivity index (χ1) is 8.22. The summed E-state index contributed by atoms with van der Waals surface area (Å²) in [5, 5.41) is 8.01. The second-order valence-corrected chi connectivity index (χ2v) is 6.93. The monoisotopic (exact) mass is 329 g/mol. The minimum atomic E-state index is 0.328. The summed E-state index contributed by atoms with van der Waals surface area (Å²) in [6, 6.07) is 4.76. The summed E-state index contributed by atoms with van der Waals surface area (Å²) in [4.78, 5) is 2.77. The molecule has 0 saturated heterocycles. The van der Waals surface area contributed by atoms with E-state index in [2.05, 4.69) is 58.0 Å². The van der Waals surface area contributed by atoms with Gasteiger partial charge >= 0.3 is 0 Å². The standard InChI is InChI=1S/C13H16BrNS2/c1-3-6-15-13(10-7-16-8-11(10)14)12-5-4-9(2)17-12/h4-5,7-8,13,15H,3,6H2,1-2H3. The molecule has 0 fully saturated rings. The van der Waals surface area contributed by atoms with Gasteiger partial charge in [0.15, 0.2) is 0 Å². The van der Waals surface area contributed by atoms with Crippen molar-refractivity contribution in [1.82, 2.24) is 5.32 Å². The molecule has 0 spiro atoms. The van der Waals surface area contributed by atoms with Gasteiger partial charge in [-0.3, -0.25) is 0 Å². The van der Waals surface area contributed by atoms with Gasteiger partial charge in [0.05, 0.1) is 6.04 Å². The molecule has 0 bridgehead atoms. The van der Waals surface area contributed by atoms with Gasteiger partial charge in [0.1, 0.15) is 0 Å². The molecule has 1 nitrogen and oxygen atoms in total. The SMILES string of the molecule is CCCNC(c1ccc(C)s1)c1cscc1Br. The Kier molecular flexibility index (Phi) is 4.79. The van der Waals surface area contributed by atoms with E-state index < -0.39 is 0 Å². The number of hydrogen-bond donors (Lipinski definition) is 1. The van der Waals surface area contributed by atoms with Crippen molar-refractivity contribution < 1.29 is 0 Å². The van der Waals surface area contributed by atoms with Crippen molar-refractivity contribution in [3.63, 3.8) is 0 Å². The predicted molar refractivity (Wildman–Crippen MR) is 81.2 cm³/mol. The predicted octanol–water partition coefficient (Wildman–Crippen LogP) is 4.97. The third-order valence-corrected chi connectivity index (χ3v) is 5.41. The van der Waals surface area contributed by atoms with Crippen LogP contribution >= 0.6 is 38.6 Å². The average molecular weight is 330 g/mol. The van der Waals surface area contributed by atoms with Gasteiger partial charge in [-0.05, 0) is 58.9 Å². The largest absolute Gasteiger partial charge is 0.306 e. The molecule has 0 aromatic carbocycles. The number of hydrogen-bond acceptors (Lipinski definition) is 3. The van der Waals surface area contributed by atoms with Gasteiger partial charge in [-0.15, -0.1) is 11.3 Å². The van der Waals surface area contributed by atoms with Crippen LogP contribution in [0.3, 0.4) is 0 Å². The van der Waals surface area contributed by atoms with Crippen molar-refractivity contribution in [2.75, 3.05) is 6.54 Å². The molecular weight excluding hydrogens is 314 g/mol. The van der Waals surface area contributed by atoms with Crippen LogP contribution in [-0.2, 0) is 0 Å². The lowest BCUT2D eigenvalue weighted by Crippen LogP contribution is -2.22. The van der Waals surface area contributed by atoms with Crippen LogP contribution in [0.15, 0.2) is 27.4 Å². The van der Waals surface area contributed by atoms with Crippen molar-refractivity contribution in [1.29, 1.82) is 0 Å². The maximum Gasteiger partial charge on any atom is 0.0690 e. The lowest BCUT2D eigenvalue weighted by Gasteiger charge is -2.16. The fourth-order valence-electron chi connectivity index (χ4n) is 1.76. The van der Waals surface area contributed by atoms with Crippen LogP contribution in [0.4, 0.5) is 0 Å².